The molecule has 150 valence electrons. The number of halogens is 4. The molecule has 0 saturated heterocycles. The van der Waals surface area contributed by atoms with Crippen LogP contribution in [0.5, 0.6) is 0 Å². The number of nitrogens with one attached hydrogen (secondary N) is 1. The van der Waals surface area contributed by atoms with Gasteiger partial charge in [-0.3, -0.25) is 4.79 Å². The quantitative estimate of drug-likeness (QED) is 0.394. The SMILES string of the molecule is Cc1cc(C=NNC(=O)c2ccccc2Br)c(C)n1-c1cccc(C(F)(F)F)c1. The third kappa shape index (κ3) is 4.59. The van der Waals surface area contributed by atoms with Gasteiger partial charge in [-0.2, -0.15) is 18.3 Å². The summed E-state index contributed by atoms with van der Waals surface area (Å²) < 4.78 is 41.4. The van der Waals surface area contributed by atoms with Gasteiger partial charge >= 0.3 is 6.18 Å². The second-order valence-electron chi connectivity index (χ2n) is 6.39. The van der Waals surface area contributed by atoms with Gasteiger partial charge < -0.3 is 4.57 Å². The van der Waals surface area contributed by atoms with E-state index in [2.05, 4.69) is 26.5 Å². The van der Waals surface area contributed by atoms with Crippen LogP contribution in [0.15, 0.2) is 64.2 Å². The maximum absolute atomic E-state index is 13.0. The van der Waals surface area contributed by atoms with Crippen molar-refractivity contribution in [3.63, 3.8) is 0 Å². The molecule has 1 amide bonds. The Morgan fingerprint density at radius 2 is 1.83 bits per heavy atom. The first-order chi connectivity index (χ1) is 13.7. The summed E-state index contributed by atoms with van der Waals surface area (Å²) in [5, 5.41) is 3.99. The van der Waals surface area contributed by atoms with E-state index in [-0.39, 0.29) is 5.91 Å². The molecule has 8 heteroatoms. The van der Waals surface area contributed by atoms with E-state index in [1.807, 2.05) is 0 Å². The van der Waals surface area contributed by atoms with Crippen LogP contribution < -0.4 is 5.43 Å². The number of hydrazone groups is 1. The first-order valence-electron chi connectivity index (χ1n) is 8.63. The van der Waals surface area contributed by atoms with E-state index < -0.39 is 11.7 Å². The van der Waals surface area contributed by atoms with Crippen molar-refractivity contribution in [3.05, 3.63) is 87.1 Å². The third-order valence-corrected chi connectivity index (χ3v) is 5.08. The van der Waals surface area contributed by atoms with E-state index >= 15 is 0 Å². The summed E-state index contributed by atoms with van der Waals surface area (Å²) in [6, 6.07) is 13.9. The highest BCUT2D eigenvalue weighted by molar-refractivity contribution is 9.10. The van der Waals surface area contributed by atoms with Crippen molar-refractivity contribution >= 4 is 28.1 Å². The molecule has 0 radical (unpaired) electrons. The fourth-order valence-corrected chi connectivity index (χ4v) is 3.47. The first kappa shape index (κ1) is 20.9. The Hall–Kier alpha value is -2.87. The molecule has 0 spiro atoms. The Morgan fingerprint density at radius 1 is 1.10 bits per heavy atom. The third-order valence-electron chi connectivity index (χ3n) is 4.39. The predicted molar refractivity (Wildman–Crippen MR) is 109 cm³/mol. The number of rotatable bonds is 4. The fraction of sp³-hybridized carbons (Fsp3) is 0.143. The highest BCUT2D eigenvalue weighted by Crippen LogP contribution is 2.31. The lowest BCUT2D eigenvalue weighted by molar-refractivity contribution is -0.137. The molecule has 0 aliphatic heterocycles. The monoisotopic (exact) mass is 463 g/mol. The molecule has 0 saturated carbocycles. The molecule has 3 rings (SSSR count). The van der Waals surface area contributed by atoms with Gasteiger partial charge in [-0.25, -0.2) is 5.43 Å². The topological polar surface area (TPSA) is 46.4 Å². The average Bonchev–Trinajstić information content (AvgIpc) is 2.95. The van der Waals surface area contributed by atoms with E-state index in [4.69, 9.17) is 0 Å². The van der Waals surface area contributed by atoms with Gasteiger partial charge in [0.05, 0.1) is 17.3 Å². The summed E-state index contributed by atoms with van der Waals surface area (Å²) in [6.45, 7) is 3.58. The molecular weight excluding hydrogens is 447 g/mol. The average molecular weight is 464 g/mol. The lowest BCUT2D eigenvalue weighted by Crippen LogP contribution is -2.18. The zero-order valence-corrected chi connectivity index (χ0v) is 17.2. The van der Waals surface area contributed by atoms with E-state index in [0.717, 1.165) is 17.8 Å². The van der Waals surface area contributed by atoms with Crippen LogP contribution in [-0.2, 0) is 6.18 Å². The van der Waals surface area contributed by atoms with E-state index in [1.165, 1.54) is 12.3 Å². The van der Waals surface area contributed by atoms with Gasteiger partial charge in [0.25, 0.3) is 5.91 Å². The number of aryl methyl sites for hydroxylation is 1. The largest absolute Gasteiger partial charge is 0.416 e. The number of benzene rings is 2. The van der Waals surface area contributed by atoms with Crippen LogP contribution in [0.3, 0.4) is 0 Å². The van der Waals surface area contributed by atoms with Crippen molar-refractivity contribution in [2.75, 3.05) is 0 Å². The van der Waals surface area contributed by atoms with E-state index in [0.29, 0.717) is 27.0 Å². The highest BCUT2D eigenvalue weighted by atomic mass is 79.9. The van der Waals surface area contributed by atoms with Crippen LogP contribution in [0.4, 0.5) is 13.2 Å². The van der Waals surface area contributed by atoms with E-state index in [1.54, 1.807) is 54.8 Å². The Bertz CT molecular complexity index is 1090. The Morgan fingerprint density at radius 3 is 2.52 bits per heavy atom. The number of hydrogen-bond donors (Lipinski definition) is 1. The molecule has 1 N–H and O–H groups in total. The van der Waals surface area contributed by atoms with Crippen molar-refractivity contribution in [2.45, 2.75) is 20.0 Å². The van der Waals surface area contributed by atoms with Crippen LogP contribution in [0, 0.1) is 13.8 Å². The number of aromatic nitrogens is 1. The van der Waals surface area contributed by atoms with Crippen LogP contribution in [0.1, 0.15) is 32.9 Å². The summed E-state index contributed by atoms with van der Waals surface area (Å²) in [6.07, 6.45) is -2.94. The number of nitrogens with zero attached hydrogens (tertiary/aromatic N) is 2. The number of alkyl halides is 3. The Labute approximate surface area is 174 Å². The summed E-state index contributed by atoms with van der Waals surface area (Å²) in [5.41, 5.74) is 4.75. The molecule has 0 atom stereocenters. The van der Waals surface area contributed by atoms with Crippen LogP contribution in [-0.4, -0.2) is 16.7 Å². The number of amides is 1. The Kier molecular flexibility index (Phi) is 5.93. The molecule has 0 unspecified atom stereocenters. The first-order valence-corrected chi connectivity index (χ1v) is 9.42. The lowest BCUT2D eigenvalue weighted by atomic mass is 10.2. The van der Waals surface area contributed by atoms with Gasteiger partial charge in [0.1, 0.15) is 0 Å². The molecule has 1 heterocycles. The van der Waals surface area contributed by atoms with Crippen molar-refractivity contribution in [2.24, 2.45) is 5.10 Å². The zero-order valence-electron chi connectivity index (χ0n) is 15.6. The van der Waals surface area contributed by atoms with Crippen LogP contribution in [0.2, 0.25) is 0 Å². The van der Waals surface area contributed by atoms with E-state index in [9.17, 15) is 18.0 Å². The number of hydrogen-bond acceptors (Lipinski definition) is 2. The standard InChI is InChI=1S/C21H17BrF3N3O/c1-13-10-15(12-26-27-20(29)18-8-3-4-9-19(18)22)14(2)28(13)17-7-5-6-16(11-17)21(23,24)25/h3-12H,1-2H3,(H,27,29). The van der Waals surface area contributed by atoms with Crippen molar-refractivity contribution in [3.8, 4) is 5.69 Å². The van der Waals surface area contributed by atoms with Gasteiger partial charge in [0.15, 0.2) is 0 Å². The second-order valence-corrected chi connectivity index (χ2v) is 7.24. The van der Waals surface area contributed by atoms with Crippen molar-refractivity contribution in [1.29, 1.82) is 0 Å². The fourth-order valence-electron chi connectivity index (χ4n) is 3.00. The summed E-state index contributed by atoms with van der Waals surface area (Å²) in [7, 11) is 0. The minimum Gasteiger partial charge on any atom is -0.318 e. The van der Waals surface area contributed by atoms with Gasteiger partial charge in [-0.05, 0) is 66.2 Å². The molecule has 3 aromatic rings. The summed E-state index contributed by atoms with van der Waals surface area (Å²) in [4.78, 5) is 12.2. The van der Waals surface area contributed by atoms with Crippen molar-refractivity contribution in [1.82, 2.24) is 9.99 Å². The van der Waals surface area contributed by atoms with Gasteiger partial charge in [0, 0.05) is 27.1 Å². The number of carbonyl (C=O) groups is 1. The molecule has 0 fully saturated rings. The van der Waals surface area contributed by atoms with Crippen LogP contribution in [0.25, 0.3) is 5.69 Å². The highest BCUT2D eigenvalue weighted by Gasteiger charge is 2.30. The lowest BCUT2D eigenvalue weighted by Gasteiger charge is -2.13. The Balaban J connectivity index is 1.84. The molecule has 0 aliphatic carbocycles. The van der Waals surface area contributed by atoms with Gasteiger partial charge in [-0.15, -0.1) is 0 Å². The van der Waals surface area contributed by atoms with Gasteiger partial charge in [0.2, 0.25) is 0 Å². The molecule has 2 aromatic carbocycles. The summed E-state index contributed by atoms with van der Waals surface area (Å²) in [5.74, 6) is -0.375. The summed E-state index contributed by atoms with van der Waals surface area (Å²) >= 11 is 3.31. The molecule has 4 nitrogen and oxygen atoms in total. The van der Waals surface area contributed by atoms with Gasteiger partial charge in [-0.1, -0.05) is 18.2 Å². The minimum absolute atomic E-state index is 0.375. The molecule has 0 aliphatic rings. The molecule has 1 aromatic heterocycles. The molecule has 29 heavy (non-hydrogen) atoms. The predicted octanol–water partition coefficient (Wildman–Crippen LogP) is 5.64. The smallest absolute Gasteiger partial charge is 0.318 e. The zero-order chi connectivity index (χ0) is 21.2. The van der Waals surface area contributed by atoms with Crippen molar-refractivity contribution < 1.29 is 18.0 Å². The minimum atomic E-state index is -4.41. The maximum atomic E-state index is 13.0. The van der Waals surface area contributed by atoms with Crippen LogP contribution >= 0.6 is 15.9 Å². The maximum Gasteiger partial charge on any atom is 0.416 e. The number of carbonyl (C=O) groups excluding carboxylic acids is 1. The second kappa shape index (κ2) is 8.24. The molecule has 0 bridgehead atoms. The normalized spacial score (nSPS) is 11.8. The molecular formula is C21H17BrF3N3O.